The zero-order valence-corrected chi connectivity index (χ0v) is 20.2. The molecule has 1 aromatic heterocycles. The summed E-state index contributed by atoms with van der Waals surface area (Å²) >= 11 is 4.77. The second-order valence-corrected chi connectivity index (χ2v) is 9.03. The van der Waals surface area contributed by atoms with Crippen LogP contribution in [0.25, 0.3) is 0 Å². The van der Waals surface area contributed by atoms with Gasteiger partial charge < -0.3 is 15.2 Å². The molecule has 0 radical (unpaired) electrons. The lowest BCUT2D eigenvalue weighted by atomic mass is 10.1. The minimum atomic E-state index is -0.172. The number of hydrogen-bond acceptors (Lipinski definition) is 5. The lowest BCUT2D eigenvalue weighted by Gasteiger charge is -2.11. The Labute approximate surface area is 194 Å². The minimum Gasteiger partial charge on any atom is -0.326 e. The number of halogens is 1. The lowest BCUT2D eigenvalue weighted by molar-refractivity contribution is -0.116. The van der Waals surface area contributed by atoms with Crippen LogP contribution in [0.5, 0.6) is 0 Å². The van der Waals surface area contributed by atoms with Crippen molar-refractivity contribution in [3.05, 3.63) is 63.4 Å². The van der Waals surface area contributed by atoms with E-state index in [0.29, 0.717) is 11.0 Å². The summed E-state index contributed by atoms with van der Waals surface area (Å²) < 4.78 is 2.75. The molecule has 0 bridgehead atoms. The Kier molecular flexibility index (Phi) is 7.50. The SMILES string of the molecule is Cc1ccc(NC(=O)Cc2nnc(SCC(=O)Nc3ccc(Br)c(C)c3C)n2C)cc1. The summed E-state index contributed by atoms with van der Waals surface area (Å²) in [6.45, 7) is 5.96. The number of aromatic nitrogens is 3. The number of nitrogens with zero attached hydrogens (tertiary/aromatic N) is 3. The third kappa shape index (κ3) is 5.95. The Morgan fingerprint density at radius 3 is 2.39 bits per heavy atom. The average Bonchev–Trinajstić information content (AvgIpc) is 3.08. The number of anilines is 2. The van der Waals surface area contributed by atoms with Gasteiger partial charge in [-0.15, -0.1) is 10.2 Å². The number of benzene rings is 2. The zero-order chi connectivity index (χ0) is 22.5. The maximum absolute atomic E-state index is 12.4. The molecule has 0 aliphatic carbocycles. The molecule has 2 aromatic carbocycles. The second kappa shape index (κ2) is 10.1. The van der Waals surface area contributed by atoms with Crippen LogP contribution >= 0.6 is 27.7 Å². The Morgan fingerprint density at radius 2 is 1.68 bits per heavy atom. The van der Waals surface area contributed by atoms with E-state index in [-0.39, 0.29) is 24.0 Å². The van der Waals surface area contributed by atoms with Crippen molar-refractivity contribution in [3.63, 3.8) is 0 Å². The first-order chi connectivity index (χ1) is 14.7. The van der Waals surface area contributed by atoms with Crippen molar-refractivity contribution < 1.29 is 9.59 Å². The van der Waals surface area contributed by atoms with Crippen LogP contribution in [0.3, 0.4) is 0 Å². The molecule has 0 fully saturated rings. The molecule has 0 saturated heterocycles. The molecular weight excluding hydrogens is 478 g/mol. The largest absolute Gasteiger partial charge is 0.326 e. The van der Waals surface area contributed by atoms with E-state index in [1.54, 1.807) is 11.6 Å². The molecule has 1 heterocycles. The molecule has 31 heavy (non-hydrogen) atoms. The van der Waals surface area contributed by atoms with Gasteiger partial charge in [0.05, 0.1) is 12.2 Å². The van der Waals surface area contributed by atoms with Crippen molar-refractivity contribution in [1.29, 1.82) is 0 Å². The number of aryl methyl sites for hydroxylation is 1. The van der Waals surface area contributed by atoms with Crippen molar-refractivity contribution in [3.8, 4) is 0 Å². The Hall–Kier alpha value is -2.65. The summed E-state index contributed by atoms with van der Waals surface area (Å²) in [5.74, 6) is 0.425. The predicted molar refractivity (Wildman–Crippen MR) is 127 cm³/mol. The molecule has 7 nitrogen and oxygen atoms in total. The minimum absolute atomic E-state index is 0.0987. The predicted octanol–water partition coefficient (Wildman–Crippen LogP) is 4.41. The molecule has 162 valence electrons. The summed E-state index contributed by atoms with van der Waals surface area (Å²) in [5.41, 5.74) is 4.77. The number of amides is 2. The van der Waals surface area contributed by atoms with Gasteiger partial charge in [0.15, 0.2) is 5.16 Å². The fourth-order valence-corrected chi connectivity index (χ4v) is 4.01. The molecule has 3 rings (SSSR count). The Balaban J connectivity index is 1.55. The maximum Gasteiger partial charge on any atom is 0.234 e. The van der Waals surface area contributed by atoms with Gasteiger partial charge in [-0.25, -0.2) is 0 Å². The van der Waals surface area contributed by atoms with Gasteiger partial charge in [-0.2, -0.15) is 0 Å². The fraction of sp³-hybridized carbons (Fsp3) is 0.273. The van der Waals surface area contributed by atoms with Crippen molar-refractivity contribution in [2.24, 2.45) is 7.05 Å². The van der Waals surface area contributed by atoms with Crippen LogP contribution in [0.1, 0.15) is 22.5 Å². The van der Waals surface area contributed by atoms with E-state index in [1.165, 1.54) is 11.8 Å². The smallest absolute Gasteiger partial charge is 0.234 e. The number of nitrogens with one attached hydrogen (secondary N) is 2. The Morgan fingerprint density at radius 1 is 0.968 bits per heavy atom. The summed E-state index contributed by atoms with van der Waals surface area (Å²) in [7, 11) is 1.79. The van der Waals surface area contributed by atoms with Crippen molar-refractivity contribution in [1.82, 2.24) is 14.8 Å². The highest BCUT2D eigenvalue weighted by molar-refractivity contribution is 9.10. The highest BCUT2D eigenvalue weighted by Crippen LogP contribution is 2.26. The molecule has 0 unspecified atom stereocenters. The van der Waals surface area contributed by atoms with Crippen LogP contribution in [0.2, 0.25) is 0 Å². The molecule has 0 saturated carbocycles. The van der Waals surface area contributed by atoms with Gasteiger partial charge in [0, 0.05) is 22.9 Å². The molecule has 3 aromatic rings. The number of hydrogen-bond donors (Lipinski definition) is 2. The second-order valence-electron chi connectivity index (χ2n) is 7.23. The van der Waals surface area contributed by atoms with Crippen molar-refractivity contribution >= 4 is 50.9 Å². The average molecular weight is 502 g/mol. The van der Waals surface area contributed by atoms with E-state index >= 15 is 0 Å². The van der Waals surface area contributed by atoms with E-state index in [4.69, 9.17) is 0 Å². The quantitative estimate of drug-likeness (QED) is 0.467. The van der Waals surface area contributed by atoms with Crippen LogP contribution in [-0.4, -0.2) is 32.3 Å². The molecule has 0 atom stereocenters. The first kappa shape index (κ1) is 23.0. The van der Waals surface area contributed by atoms with Gasteiger partial charge in [-0.1, -0.05) is 45.4 Å². The van der Waals surface area contributed by atoms with Gasteiger partial charge in [0.2, 0.25) is 11.8 Å². The molecule has 0 spiro atoms. The zero-order valence-electron chi connectivity index (χ0n) is 17.8. The maximum atomic E-state index is 12.4. The van der Waals surface area contributed by atoms with Crippen molar-refractivity contribution in [2.75, 3.05) is 16.4 Å². The molecule has 0 aliphatic heterocycles. The van der Waals surface area contributed by atoms with Gasteiger partial charge in [-0.05, 0) is 56.2 Å². The standard InChI is InChI=1S/C22H24BrN5O2S/c1-13-5-7-16(8-6-13)24-20(29)11-19-26-27-22(28(19)4)31-12-21(30)25-18-10-9-17(23)14(2)15(18)3/h5-10H,11-12H2,1-4H3,(H,24,29)(H,25,30). The van der Waals surface area contributed by atoms with Crippen LogP contribution in [0, 0.1) is 20.8 Å². The van der Waals surface area contributed by atoms with Crippen LogP contribution in [-0.2, 0) is 23.1 Å². The first-order valence-corrected chi connectivity index (χ1v) is 11.5. The normalized spacial score (nSPS) is 10.7. The molecule has 9 heteroatoms. The highest BCUT2D eigenvalue weighted by atomic mass is 79.9. The molecular formula is C22H24BrN5O2S. The fourth-order valence-electron chi connectivity index (χ4n) is 2.85. The molecule has 0 aliphatic rings. The number of carbonyl (C=O) groups excluding carboxylic acids is 2. The van der Waals surface area contributed by atoms with E-state index in [9.17, 15) is 9.59 Å². The summed E-state index contributed by atoms with van der Waals surface area (Å²) in [5, 5.41) is 14.6. The van der Waals surface area contributed by atoms with Crippen LogP contribution < -0.4 is 10.6 Å². The van der Waals surface area contributed by atoms with Crippen molar-refractivity contribution in [2.45, 2.75) is 32.3 Å². The van der Waals surface area contributed by atoms with Gasteiger partial charge >= 0.3 is 0 Å². The Bertz CT molecular complexity index is 1110. The van der Waals surface area contributed by atoms with E-state index in [0.717, 1.165) is 32.5 Å². The van der Waals surface area contributed by atoms with Gasteiger partial charge in [-0.3, -0.25) is 9.59 Å². The molecule has 2 N–H and O–H groups in total. The van der Waals surface area contributed by atoms with E-state index < -0.39 is 0 Å². The molecule has 2 amide bonds. The summed E-state index contributed by atoms with van der Waals surface area (Å²) in [6.07, 6.45) is 0.0987. The van der Waals surface area contributed by atoms with E-state index in [2.05, 4.69) is 36.8 Å². The third-order valence-corrected chi connectivity index (χ3v) is 6.79. The van der Waals surface area contributed by atoms with E-state index in [1.807, 2.05) is 57.2 Å². The summed E-state index contributed by atoms with van der Waals surface area (Å²) in [6, 6.07) is 11.4. The first-order valence-electron chi connectivity index (χ1n) is 9.67. The van der Waals surface area contributed by atoms with Gasteiger partial charge in [0.25, 0.3) is 0 Å². The van der Waals surface area contributed by atoms with Crippen LogP contribution in [0.4, 0.5) is 11.4 Å². The summed E-state index contributed by atoms with van der Waals surface area (Å²) in [4.78, 5) is 24.7. The number of thioether (sulfide) groups is 1. The number of carbonyl (C=O) groups is 2. The van der Waals surface area contributed by atoms with Crippen LogP contribution in [0.15, 0.2) is 46.0 Å². The lowest BCUT2D eigenvalue weighted by Crippen LogP contribution is -2.17. The topological polar surface area (TPSA) is 88.9 Å². The monoisotopic (exact) mass is 501 g/mol. The highest BCUT2D eigenvalue weighted by Gasteiger charge is 2.15. The number of rotatable bonds is 7. The van der Waals surface area contributed by atoms with Gasteiger partial charge in [0.1, 0.15) is 5.82 Å². The third-order valence-electron chi connectivity index (χ3n) is 4.91.